The normalized spacial score (nSPS) is 11.3. The lowest BCUT2D eigenvalue weighted by atomic mass is 9.97. The molecule has 0 atom stereocenters. The standard InChI is InChI=1S/C19H19F4NO3.ClH/c1-10(2)17(25)13-5-6-15(16(18(13)26)19(21,22)23)27-9-11-3-4-12(8-24)14(20)7-11;/h3-7,10,26H,8-9,24H2,1-2H3;1H. The minimum Gasteiger partial charge on any atom is -0.506 e. The van der Waals surface area contributed by atoms with E-state index in [4.69, 9.17) is 10.5 Å². The van der Waals surface area contributed by atoms with Crippen molar-refractivity contribution in [2.45, 2.75) is 33.2 Å². The van der Waals surface area contributed by atoms with Crippen LogP contribution in [-0.4, -0.2) is 10.9 Å². The van der Waals surface area contributed by atoms with E-state index in [1.165, 1.54) is 26.0 Å². The van der Waals surface area contributed by atoms with Crippen molar-refractivity contribution in [2.24, 2.45) is 11.7 Å². The zero-order valence-corrected chi connectivity index (χ0v) is 16.0. The molecule has 0 amide bonds. The lowest BCUT2D eigenvalue weighted by Gasteiger charge is -2.18. The first kappa shape index (κ1) is 23.7. The molecule has 0 radical (unpaired) electrons. The van der Waals surface area contributed by atoms with Gasteiger partial charge in [0.05, 0.1) is 5.56 Å². The molecule has 0 aliphatic rings. The summed E-state index contributed by atoms with van der Waals surface area (Å²) in [7, 11) is 0. The number of phenolic OH excluding ortho intramolecular Hbond substituents is 1. The molecular weight excluding hydrogens is 402 g/mol. The molecule has 3 N–H and O–H groups in total. The van der Waals surface area contributed by atoms with Gasteiger partial charge in [-0.1, -0.05) is 26.0 Å². The van der Waals surface area contributed by atoms with Crippen molar-refractivity contribution < 1.29 is 32.2 Å². The lowest BCUT2D eigenvalue weighted by molar-refractivity contribution is -0.140. The SMILES string of the molecule is CC(C)C(=O)c1ccc(OCc2ccc(CN)c(F)c2)c(C(F)(F)F)c1O.Cl. The summed E-state index contributed by atoms with van der Waals surface area (Å²) in [5, 5.41) is 10.0. The van der Waals surface area contributed by atoms with E-state index in [0.717, 1.165) is 18.2 Å². The van der Waals surface area contributed by atoms with Gasteiger partial charge in [-0.25, -0.2) is 4.39 Å². The number of carbonyl (C=O) groups is 1. The van der Waals surface area contributed by atoms with Crippen molar-refractivity contribution in [3.8, 4) is 11.5 Å². The molecule has 2 aromatic carbocycles. The van der Waals surface area contributed by atoms with Gasteiger partial charge in [0, 0.05) is 18.0 Å². The number of Topliss-reactive ketones (excluding diaryl/α,β-unsaturated/α-hetero) is 1. The maximum atomic E-state index is 13.7. The number of benzene rings is 2. The zero-order valence-electron chi connectivity index (χ0n) is 15.1. The van der Waals surface area contributed by atoms with Gasteiger partial charge >= 0.3 is 6.18 Å². The largest absolute Gasteiger partial charge is 0.506 e. The van der Waals surface area contributed by atoms with E-state index in [-0.39, 0.29) is 31.1 Å². The number of halogens is 5. The molecule has 28 heavy (non-hydrogen) atoms. The first-order valence-electron chi connectivity index (χ1n) is 8.13. The molecule has 0 aromatic heterocycles. The van der Waals surface area contributed by atoms with Gasteiger partial charge in [-0.15, -0.1) is 12.4 Å². The van der Waals surface area contributed by atoms with Crippen LogP contribution >= 0.6 is 12.4 Å². The van der Waals surface area contributed by atoms with E-state index in [0.29, 0.717) is 5.56 Å². The van der Waals surface area contributed by atoms with E-state index in [1.807, 2.05) is 0 Å². The Morgan fingerprint density at radius 1 is 1.21 bits per heavy atom. The van der Waals surface area contributed by atoms with Crippen molar-refractivity contribution in [3.05, 3.63) is 58.4 Å². The number of nitrogens with two attached hydrogens (primary N) is 1. The van der Waals surface area contributed by atoms with Crippen LogP contribution in [0.2, 0.25) is 0 Å². The molecule has 0 unspecified atom stereocenters. The molecule has 0 heterocycles. The van der Waals surface area contributed by atoms with Crippen molar-refractivity contribution in [1.82, 2.24) is 0 Å². The molecule has 9 heteroatoms. The third-order valence-electron chi connectivity index (χ3n) is 3.94. The fourth-order valence-corrected chi connectivity index (χ4v) is 2.48. The van der Waals surface area contributed by atoms with Gasteiger partial charge in [0.15, 0.2) is 5.78 Å². The van der Waals surface area contributed by atoms with E-state index >= 15 is 0 Å². The van der Waals surface area contributed by atoms with Crippen LogP contribution in [0.4, 0.5) is 17.6 Å². The molecule has 0 spiro atoms. The topological polar surface area (TPSA) is 72.5 Å². The van der Waals surface area contributed by atoms with E-state index < -0.39 is 46.3 Å². The predicted molar refractivity (Wildman–Crippen MR) is 98.1 cm³/mol. The summed E-state index contributed by atoms with van der Waals surface area (Å²) in [6.07, 6.45) is -4.94. The molecule has 0 aliphatic carbocycles. The van der Waals surface area contributed by atoms with Crippen LogP contribution in [0.3, 0.4) is 0 Å². The highest BCUT2D eigenvalue weighted by Gasteiger charge is 2.39. The van der Waals surface area contributed by atoms with E-state index in [1.54, 1.807) is 0 Å². The van der Waals surface area contributed by atoms with Gasteiger partial charge in [0.25, 0.3) is 0 Å². The number of hydrogen-bond donors (Lipinski definition) is 2. The number of aromatic hydroxyl groups is 1. The van der Waals surface area contributed by atoms with Crippen LogP contribution < -0.4 is 10.5 Å². The van der Waals surface area contributed by atoms with Crippen LogP contribution in [-0.2, 0) is 19.3 Å². The number of ether oxygens (including phenoxy) is 1. The van der Waals surface area contributed by atoms with Crippen molar-refractivity contribution in [1.29, 1.82) is 0 Å². The summed E-state index contributed by atoms with van der Waals surface area (Å²) < 4.78 is 59.1. The Bertz CT molecular complexity index is 854. The Morgan fingerprint density at radius 2 is 1.86 bits per heavy atom. The van der Waals surface area contributed by atoms with Crippen LogP contribution in [0.25, 0.3) is 0 Å². The summed E-state index contributed by atoms with van der Waals surface area (Å²) in [5.41, 5.74) is 4.05. The van der Waals surface area contributed by atoms with Crippen molar-refractivity contribution >= 4 is 18.2 Å². The summed E-state index contributed by atoms with van der Waals surface area (Å²) in [4.78, 5) is 12.0. The monoisotopic (exact) mass is 421 g/mol. The molecule has 154 valence electrons. The molecule has 2 aromatic rings. The Labute approximate surface area is 165 Å². The number of carbonyl (C=O) groups excluding carboxylic acids is 1. The van der Waals surface area contributed by atoms with Crippen LogP contribution in [0.1, 0.15) is 40.9 Å². The minimum atomic E-state index is -4.94. The van der Waals surface area contributed by atoms with Gasteiger partial charge in [0.2, 0.25) is 0 Å². The van der Waals surface area contributed by atoms with Gasteiger partial charge in [-0.3, -0.25) is 4.79 Å². The van der Waals surface area contributed by atoms with Crippen molar-refractivity contribution in [3.63, 3.8) is 0 Å². The molecule has 0 aliphatic heterocycles. The highest BCUT2D eigenvalue weighted by atomic mass is 35.5. The van der Waals surface area contributed by atoms with E-state index in [2.05, 4.69) is 0 Å². The lowest BCUT2D eigenvalue weighted by Crippen LogP contribution is -2.14. The number of ketones is 1. The summed E-state index contributed by atoms with van der Waals surface area (Å²) >= 11 is 0. The van der Waals surface area contributed by atoms with Gasteiger partial charge in [0.1, 0.15) is 29.5 Å². The smallest absolute Gasteiger partial charge is 0.423 e. The van der Waals surface area contributed by atoms with Gasteiger partial charge in [-0.2, -0.15) is 13.2 Å². The van der Waals surface area contributed by atoms with E-state index in [9.17, 15) is 27.5 Å². The molecule has 2 rings (SSSR count). The predicted octanol–water partition coefficient (Wildman–Crippen LogP) is 4.85. The fraction of sp³-hybridized carbons (Fsp3) is 0.316. The molecular formula is C19H20ClF4NO3. The Kier molecular flexibility index (Phi) is 7.84. The second-order valence-electron chi connectivity index (χ2n) is 6.27. The quantitative estimate of drug-likeness (QED) is 0.516. The second-order valence-corrected chi connectivity index (χ2v) is 6.27. The molecule has 0 fully saturated rings. The van der Waals surface area contributed by atoms with Crippen LogP contribution in [0.5, 0.6) is 11.5 Å². The second kappa shape index (κ2) is 9.25. The molecule has 0 saturated carbocycles. The van der Waals surface area contributed by atoms with Crippen LogP contribution in [0.15, 0.2) is 30.3 Å². The average Bonchev–Trinajstić information content (AvgIpc) is 2.58. The summed E-state index contributed by atoms with van der Waals surface area (Å²) in [6.45, 7) is 2.66. The number of phenols is 1. The third kappa shape index (κ3) is 5.14. The Morgan fingerprint density at radius 3 is 2.36 bits per heavy atom. The first-order valence-corrected chi connectivity index (χ1v) is 8.13. The van der Waals surface area contributed by atoms with Gasteiger partial charge < -0.3 is 15.6 Å². The number of rotatable bonds is 6. The Hall–Kier alpha value is -2.32. The third-order valence-corrected chi connectivity index (χ3v) is 3.94. The Balaban J connectivity index is 0.00000392. The zero-order chi connectivity index (χ0) is 20.4. The maximum absolute atomic E-state index is 13.7. The molecule has 0 bridgehead atoms. The average molecular weight is 422 g/mol. The summed E-state index contributed by atoms with van der Waals surface area (Å²) in [5.74, 6) is -3.63. The fourth-order valence-electron chi connectivity index (χ4n) is 2.48. The first-order chi connectivity index (χ1) is 12.6. The highest BCUT2D eigenvalue weighted by Crippen LogP contribution is 2.44. The highest BCUT2D eigenvalue weighted by molar-refractivity contribution is 6.00. The number of alkyl halides is 3. The molecule has 4 nitrogen and oxygen atoms in total. The van der Waals surface area contributed by atoms with Gasteiger partial charge in [-0.05, 0) is 23.8 Å². The van der Waals surface area contributed by atoms with Crippen LogP contribution in [0, 0.1) is 11.7 Å². The maximum Gasteiger partial charge on any atom is 0.423 e. The summed E-state index contributed by atoms with van der Waals surface area (Å²) in [6, 6.07) is 6.07. The minimum absolute atomic E-state index is 0. The van der Waals surface area contributed by atoms with Crippen molar-refractivity contribution in [2.75, 3.05) is 0 Å². The number of hydrogen-bond acceptors (Lipinski definition) is 4. The molecule has 0 saturated heterocycles.